The molecule has 6 nitrogen and oxygen atoms in total. The van der Waals surface area contributed by atoms with Crippen LogP contribution in [-0.2, 0) is 9.53 Å². The first-order chi connectivity index (χ1) is 11.0. The molecular formula is C16H23Cl2N3O3. The van der Waals surface area contributed by atoms with Gasteiger partial charge in [-0.3, -0.25) is 4.79 Å². The Balaban J connectivity index is 2.82. The van der Waals surface area contributed by atoms with Gasteiger partial charge in [-0.2, -0.15) is 0 Å². The summed E-state index contributed by atoms with van der Waals surface area (Å²) in [4.78, 5) is 24.0. The fourth-order valence-electron chi connectivity index (χ4n) is 1.82. The number of hydrogen-bond acceptors (Lipinski definition) is 4. The van der Waals surface area contributed by atoms with Crippen molar-refractivity contribution in [2.75, 3.05) is 17.2 Å². The first-order valence-electron chi connectivity index (χ1n) is 7.56. The van der Waals surface area contributed by atoms with E-state index < -0.39 is 23.6 Å². The molecule has 1 aromatic carbocycles. The van der Waals surface area contributed by atoms with Crippen molar-refractivity contribution < 1.29 is 14.3 Å². The maximum absolute atomic E-state index is 12.3. The summed E-state index contributed by atoms with van der Waals surface area (Å²) in [7, 11) is 0. The number of ether oxygens (including phenoxy) is 1. The molecule has 24 heavy (non-hydrogen) atoms. The minimum atomic E-state index is -0.799. The zero-order valence-electron chi connectivity index (χ0n) is 14.4. The number of nitrogens with one attached hydrogen (secondary N) is 3. The van der Waals surface area contributed by atoms with Gasteiger partial charge in [-0.05, 0) is 46.8 Å². The summed E-state index contributed by atoms with van der Waals surface area (Å²) in [6.45, 7) is 9.31. The van der Waals surface area contributed by atoms with Crippen molar-refractivity contribution in [3.05, 3.63) is 22.2 Å². The number of amides is 2. The summed E-state index contributed by atoms with van der Waals surface area (Å²) >= 11 is 12.1. The molecule has 0 fully saturated rings. The molecular weight excluding hydrogens is 353 g/mol. The predicted molar refractivity (Wildman–Crippen MR) is 98.1 cm³/mol. The van der Waals surface area contributed by atoms with Gasteiger partial charge in [-0.15, -0.1) is 0 Å². The van der Waals surface area contributed by atoms with Gasteiger partial charge in [0.1, 0.15) is 11.6 Å². The second-order valence-electron chi connectivity index (χ2n) is 6.20. The molecule has 0 aliphatic carbocycles. The molecule has 0 bridgehead atoms. The summed E-state index contributed by atoms with van der Waals surface area (Å²) < 4.78 is 5.12. The van der Waals surface area contributed by atoms with Crippen LogP contribution in [0.15, 0.2) is 12.1 Å². The summed E-state index contributed by atoms with van der Waals surface area (Å²) in [5.41, 5.74) is 0.373. The molecule has 8 heteroatoms. The third-order valence-electron chi connectivity index (χ3n) is 2.79. The Morgan fingerprint density at radius 2 is 1.88 bits per heavy atom. The second kappa shape index (κ2) is 8.44. The maximum Gasteiger partial charge on any atom is 0.408 e. The van der Waals surface area contributed by atoms with Crippen LogP contribution in [-0.4, -0.2) is 30.2 Å². The largest absolute Gasteiger partial charge is 0.444 e. The lowest BCUT2D eigenvalue weighted by atomic mass is 10.2. The van der Waals surface area contributed by atoms with Gasteiger partial charge in [0, 0.05) is 11.6 Å². The zero-order valence-corrected chi connectivity index (χ0v) is 15.9. The molecule has 0 unspecified atom stereocenters. The molecule has 1 rings (SSSR count). The highest BCUT2D eigenvalue weighted by Gasteiger charge is 2.22. The van der Waals surface area contributed by atoms with Crippen molar-refractivity contribution in [3.8, 4) is 0 Å². The minimum absolute atomic E-state index is 0.393. The average Bonchev–Trinajstić information content (AvgIpc) is 2.40. The molecule has 0 spiro atoms. The Morgan fingerprint density at radius 1 is 1.25 bits per heavy atom. The van der Waals surface area contributed by atoms with Crippen LogP contribution in [0, 0.1) is 0 Å². The molecule has 0 saturated heterocycles. The smallest absolute Gasteiger partial charge is 0.408 e. The monoisotopic (exact) mass is 375 g/mol. The normalized spacial score (nSPS) is 12.3. The second-order valence-corrected chi connectivity index (χ2v) is 7.04. The van der Waals surface area contributed by atoms with Gasteiger partial charge in [-0.1, -0.05) is 23.2 Å². The lowest BCUT2D eigenvalue weighted by molar-refractivity contribution is -0.117. The van der Waals surface area contributed by atoms with Crippen molar-refractivity contribution in [3.63, 3.8) is 0 Å². The van der Waals surface area contributed by atoms with Crippen molar-refractivity contribution >= 4 is 46.6 Å². The first kappa shape index (κ1) is 20.4. The standard InChI is InChI=1S/C16H23Cl2N3O3/c1-6-19-13-11(18)7-10(17)8-12(13)21-14(22)9(2)20-15(23)24-16(3,4)5/h7-9,19H,6H2,1-5H3,(H,20,23)(H,21,22)/t9-/m1/s1. The first-order valence-corrected chi connectivity index (χ1v) is 8.32. The zero-order chi connectivity index (χ0) is 18.5. The van der Waals surface area contributed by atoms with Crippen LogP contribution in [0.1, 0.15) is 34.6 Å². The van der Waals surface area contributed by atoms with Gasteiger partial charge in [0.05, 0.1) is 16.4 Å². The van der Waals surface area contributed by atoms with E-state index in [2.05, 4.69) is 16.0 Å². The van der Waals surface area contributed by atoms with Gasteiger partial charge in [0.2, 0.25) is 5.91 Å². The molecule has 0 radical (unpaired) electrons. The number of anilines is 2. The van der Waals surface area contributed by atoms with E-state index in [4.69, 9.17) is 27.9 Å². The number of hydrogen-bond donors (Lipinski definition) is 3. The van der Waals surface area contributed by atoms with Crippen LogP contribution in [0.4, 0.5) is 16.2 Å². The van der Waals surface area contributed by atoms with E-state index >= 15 is 0 Å². The summed E-state index contributed by atoms with van der Waals surface area (Å²) in [5.74, 6) is -0.418. The summed E-state index contributed by atoms with van der Waals surface area (Å²) in [5, 5.41) is 9.04. The van der Waals surface area contributed by atoms with E-state index in [9.17, 15) is 9.59 Å². The third kappa shape index (κ3) is 6.45. The minimum Gasteiger partial charge on any atom is -0.444 e. The Morgan fingerprint density at radius 3 is 2.42 bits per heavy atom. The van der Waals surface area contributed by atoms with Crippen LogP contribution in [0.3, 0.4) is 0 Å². The average molecular weight is 376 g/mol. The van der Waals surface area contributed by atoms with Gasteiger partial charge in [0.15, 0.2) is 0 Å². The Hall–Kier alpha value is -1.66. The van der Waals surface area contributed by atoms with Crippen LogP contribution >= 0.6 is 23.2 Å². The fourth-order valence-corrected chi connectivity index (χ4v) is 2.38. The van der Waals surface area contributed by atoms with E-state index in [0.717, 1.165) is 0 Å². The Kier molecular flexibility index (Phi) is 7.17. The van der Waals surface area contributed by atoms with Crippen LogP contribution in [0.2, 0.25) is 10.0 Å². The highest BCUT2D eigenvalue weighted by atomic mass is 35.5. The number of rotatable bonds is 5. The quantitative estimate of drug-likeness (QED) is 0.717. The molecule has 3 N–H and O–H groups in total. The van der Waals surface area contributed by atoms with Crippen molar-refractivity contribution in [2.24, 2.45) is 0 Å². The molecule has 0 aliphatic rings. The van der Waals surface area contributed by atoms with Crippen LogP contribution < -0.4 is 16.0 Å². The number of carbonyl (C=O) groups is 2. The van der Waals surface area contributed by atoms with Crippen molar-refractivity contribution in [2.45, 2.75) is 46.3 Å². The molecule has 134 valence electrons. The molecule has 0 aromatic heterocycles. The van der Waals surface area contributed by atoms with Crippen molar-refractivity contribution in [1.29, 1.82) is 0 Å². The molecule has 1 aromatic rings. The lowest BCUT2D eigenvalue weighted by Crippen LogP contribution is -2.44. The molecule has 2 amide bonds. The van der Waals surface area contributed by atoms with Crippen molar-refractivity contribution in [1.82, 2.24) is 5.32 Å². The van der Waals surface area contributed by atoms with E-state index in [1.807, 2.05) is 6.92 Å². The fraction of sp³-hybridized carbons (Fsp3) is 0.500. The summed E-state index contributed by atoms with van der Waals surface area (Å²) in [6.07, 6.45) is -0.666. The van der Waals surface area contributed by atoms with Gasteiger partial charge in [0.25, 0.3) is 0 Å². The van der Waals surface area contributed by atoms with E-state index in [-0.39, 0.29) is 0 Å². The third-order valence-corrected chi connectivity index (χ3v) is 3.31. The lowest BCUT2D eigenvalue weighted by Gasteiger charge is -2.22. The molecule has 0 saturated carbocycles. The number of benzene rings is 1. The van der Waals surface area contributed by atoms with Gasteiger partial charge >= 0.3 is 6.09 Å². The number of alkyl carbamates (subject to hydrolysis) is 1. The van der Waals surface area contributed by atoms with E-state index in [0.29, 0.717) is 28.0 Å². The topological polar surface area (TPSA) is 79.5 Å². The Bertz CT molecular complexity index is 615. The predicted octanol–water partition coefficient (Wildman–Crippen LogP) is 4.28. The van der Waals surface area contributed by atoms with Gasteiger partial charge in [-0.25, -0.2) is 4.79 Å². The van der Waals surface area contributed by atoms with Crippen LogP contribution in [0.5, 0.6) is 0 Å². The Labute approximate surface area is 152 Å². The van der Waals surface area contributed by atoms with Gasteiger partial charge < -0.3 is 20.7 Å². The molecule has 1 atom stereocenters. The molecule has 0 heterocycles. The summed E-state index contributed by atoms with van der Waals surface area (Å²) in [6, 6.07) is 2.37. The van der Waals surface area contributed by atoms with Crippen LogP contribution in [0.25, 0.3) is 0 Å². The van der Waals surface area contributed by atoms with E-state index in [1.165, 1.54) is 0 Å². The SMILES string of the molecule is CCNc1c(Cl)cc(Cl)cc1NC(=O)[C@@H](C)NC(=O)OC(C)(C)C. The maximum atomic E-state index is 12.3. The highest BCUT2D eigenvalue weighted by Crippen LogP contribution is 2.34. The van der Waals surface area contributed by atoms with E-state index in [1.54, 1.807) is 39.8 Å². The highest BCUT2D eigenvalue weighted by molar-refractivity contribution is 6.37. The number of halogens is 2. The number of carbonyl (C=O) groups excluding carboxylic acids is 2. The molecule has 0 aliphatic heterocycles.